The highest BCUT2D eigenvalue weighted by molar-refractivity contribution is 7.99. The summed E-state index contributed by atoms with van der Waals surface area (Å²) in [6.07, 6.45) is 1.19. The van der Waals surface area contributed by atoms with E-state index in [1.54, 1.807) is 0 Å². The van der Waals surface area contributed by atoms with Gasteiger partial charge in [-0.3, -0.25) is 9.20 Å². The maximum atomic E-state index is 12.3. The van der Waals surface area contributed by atoms with Gasteiger partial charge in [0.2, 0.25) is 0 Å². The summed E-state index contributed by atoms with van der Waals surface area (Å²) in [5.74, 6) is 4.00. The number of rotatable bonds is 8. The van der Waals surface area contributed by atoms with Crippen molar-refractivity contribution in [1.82, 2.24) is 10.2 Å². The Morgan fingerprint density at radius 1 is 1.18 bits per heavy atom. The zero-order valence-corrected chi connectivity index (χ0v) is 18.1. The number of aliphatic imine (C=N–C) groups is 1. The molecule has 2 unspecified atom stereocenters. The number of guanidine groups is 1. The van der Waals surface area contributed by atoms with Crippen LogP contribution in [-0.2, 0) is 16.6 Å². The van der Waals surface area contributed by atoms with E-state index in [1.165, 1.54) is 11.3 Å². The molecule has 1 N–H and O–H groups in total. The van der Waals surface area contributed by atoms with Crippen molar-refractivity contribution in [3.05, 3.63) is 66.2 Å². The van der Waals surface area contributed by atoms with Crippen molar-refractivity contribution in [1.29, 1.82) is 0 Å². The number of thioether (sulfide) groups is 1. The van der Waals surface area contributed by atoms with Gasteiger partial charge in [0, 0.05) is 59.6 Å². The second-order valence-corrected chi connectivity index (χ2v) is 9.64. The summed E-state index contributed by atoms with van der Waals surface area (Å²) in [4.78, 5) is 8.10. The van der Waals surface area contributed by atoms with Crippen molar-refractivity contribution < 1.29 is 4.21 Å². The molecule has 0 saturated carbocycles. The highest BCUT2D eigenvalue weighted by Gasteiger charge is 2.24. The molecule has 6 heteroatoms. The Kier molecular flexibility index (Phi) is 8.42. The van der Waals surface area contributed by atoms with Crippen LogP contribution in [0.2, 0.25) is 0 Å². The maximum absolute atomic E-state index is 12.3. The van der Waals surface area contributed by atoms with Gasteiger partial charge in [-0.2, -0.15) is 0 Å². The number of hydrogen-bond acceptors (Lipinski definition) is 3. The Balaban J connectivity index is 1.37. The fraction of sp³-hybridized carbons (Fsp3) is 0.409. The molecule has 1 saturated heterocycles. The molecule has 0 bridgehead atoms. The molecule has 0 radical (unpaired) electrons. The van der Waals surface area contributed by atoms with Crippen LogP contribution in [-0.4, -0.2) is 53.3 Å². The van der Waals surface area contributed by atoms with Gasteiger partial charge in [-0.15, -0.1) is 11.8 Å². The molecule has 0 aromatic heterocycles. The molecule has 150 valence electrons. The summed E-state index contributed by atoms with van der Waals surface area (Å²) in [5, 5.41) is 3.40. The third kappa shape index (κ3) is 6.67. The van der Waals surface area contributed by atoms with Gasteiger partial charge in [0.15, 0.2) is 5.96 Å². The van der Waals surface area contributed by atoms with Gasteiger partial charge in [-0.05, 0) is 30.0 Å². The molecule has 1 heterocycles. The smallest absolute Gasteiger partial charge is 0.193 e. The second-order valence-electron chi connectivity index (χ2n) is 6.97. The van der Waals surface area contributed by atoms with Gasteiger partial charge in [0.25, 0.3) is 0 Å². The van der Waals surface area contributed by atoms with Crippen molar-refractivity contribution in [3.8, 4) is 0 Å². The van der Waals surface area contributed by atoms with Crippen LogP contribution in [0.1, 0.15) is 12.0 Å². The topological polar surface area (TPSA) is 44.7 Å². The molecular formula is C22H29N3OS2. The molecule has 2 aromatic carbocycles. The molecule has 0 aliphatic carbocycles. The van der Waals surface area contributed by atoms with Crippen LogP contribution >= 0.6 is 11.8 Å². The van der Waals surface area contributed by atoms with E-state index >= 15 is 0 Å². The van der Waals surface area contributed by atoms with E-state index < -0.39 is 10.8 Å². The first-order valence-electron chi connectivity index (χ1n) is 9.77. The highest BCUT2D eigenvalue weighted by Crippen LogP contribution is 2.25. The number of benzene rings is 2. The summed E-state index contributed by atoms with van der Waals surface area (Å²) < 4.78 is 12.3. The number of nitrogens with zero attached hydrogens (tertiary/aromatic N) is 2. The van der Waals surface area contributed by atoms with Crippen molar-refractivity contribution in [3.63, 3.8) is 0 Å². The Morgan fingerprint density at radius 3 is 2.61 bits per heavy atom. The monoisotopic (exact) mass is 415 g/mol. The second kappa shape index (κ2) is 11.3. The number of hydrogen-bond donors (Lipinski definition) is 1. The average molecular weight is 416 g/mol. The van der Waals surface area contributed by atoms with Crippen LogP contribution in [0.4, 0.5) is 0 Å². The fourth-order valence-electron chi connectivity index (χ4n) is 3.33. The molecule has 0 spiro atoms. The third-order valence-corrected chi connectivity index (χ3v) is 7.37. The Morgan fingerprint density at radius 2 is 1.89 bits per heavy atom. The minimum Gasteiger partial charge on any atom is -0.355 e. The van der Waals surface area contributed by atoms with E-state index in [2.05, 4.69) is 45.5 Å². The predicted octanol–water partition coefficient (Wildman–Crippen LogP) is 3.62. The lowest BCUT2D eigenvalue weighted by atomic mass is 10.2. The predicted molar refractivity (Wildman–Crippen MR) is 121 cm³/mol. The molecule has 1 aliphatic heterocycles. The molecule has 1 fully saturated rings. The van der Waals surface area contributed by atoms with E-state index in [4.69, 9.17) is 0 Å². The van der Waals surface area contributed by atoms with Crippen LogP contribution in [0.15, 0.2) is 70.6 Å². The van der Waals surface area contributed by atoms with Gasteiger partial charge in [-0.1, -0.05) is 48.5 Å². The summed E-state index contributed by atoms with van der Waals surface area (Å²) in [6.45, 7) is 2.76. The normalized spacial score (nSPS) is 18.2. The summed E-state index contributed by atoms with van der Waals surface area (Å²) in [6, 6.07) is 20.6. The van der Waals surface area contributed by atoms with Crippen molar-refractivity contribution in [2.45, 2.75) is 17.1 Å². The van der Waals surface area contributed by atoms with Crippen molar-refractivity contribution in [2.75, 3.05) is 38.2 Å². The van der Waals surface area contributed by atoms with Crippen LogP contribution in [0.3, 0.4) is 0 Å². The minimum atomic E-state index is -0.862. The Bertz CT molecular complexity index is 768. The molecular weight excluding hydrogens is 386 g/mol. The quantitative estimate of drug-likeness (QED) is 0.406. The van der Waals surface area contributed by atoms with Gasteiger partial charge >= 0.3 is 0 Å². The molecule has 4 nitrogen and oxygen atoms in total. The molecule has 1 aliphatic rings. The molecule has 0 amide bonds. The summed E-state index contributed by atoms with van der Waals surface area (Å²) in [7, 11) is 0.967. The van der Waals surface area contributed by atoms with E-state index in [1.807, 2.05) is 49.1 Å². The van der Waals surface area contributed by atoms with Crippen LogP contribution < -0.4 is 5.32 Å². The molecule has 2 aromatic rings. The van der Waals surface area contributed by atoms with E-state index in [9.17, 15) is 4.21 Å². The van der Waals surface area contributed by atoms with E-state index in [-0.39, 0.29) is 0 Å². The average Bonchev–Trinajstić information content (AvgIpc) is 3.20. The fourth-order valence-corrected chi connectivity index (χ4v) is 5.42. The van der Waals surface area contributed by atoms with Crippen molar-refractivity contribution >= 4 is 28.5 Å². The minimum absolute atomic E-state index is 0.615. The standard InChI is InChI=1S/C22H29N3OS2/c1-23-22(24-13-15-28(26)18-19-8-4-2-5-9-19)25-14-12-20(16-25)17-27-21-10-6-3-7-11-21/h2-11,20H,12-18H2,1H3,(H,23,24). The maximum Gasteiger partial charge on any atom is 0.193 e. The highest BCUT2D eigenvalue weighted by atomic mass is 32.2. The van der Waals surface area contributed by atoms with Crippen LogP contribution in [0.5, 0.6) is 0 Å². The van der Waals surface area contributed by atoms with Gasteiger partial charge < -0.3 is 10.2 Å². The van der Waals surface area contributed by atoms with Gasteiger partial charge in [0.05, 0.1) is 0 Å². The lowest BCUT2D eigenvalue weighted by molar-refractivity contribution is 0.476. The van der Waals surface area contributed by atoms with Gasteiger partial charge in [-0.25, -0.2) is 0 Å². The van der Waals surface area contributed by atoms with Crippen LogP contribution in [0.25, 0.3) is 0 Å². The molecule has 28 heavy (non-hydrogen) atoms. The van der Waals surface area contributed by atoms with Gasteiger partial charge in [0.1, 0.15) is 0 Å². The van der Waals surface area contributed by atoms with E-state index in [0.29, 0.717) is 24.0 Å². The molecule has 3 rings (SSSR count). The largest absolute Gasteiger partial charge is 0.355 e. The SMILES string of the molecule is CN=C(NCCS(=O)Cc1ccccc1)N1CCC(CSc2ccccc2)C1. The first-order valence-corrected chi connectivity index (χ1v) is 12.2. The number of nitrogens with one attached hydrogen (secondary N) is 1. The summed E-state index contributed by atoms with van der Waals surface area (Å²) >= 11 is 1.93. The zero-order chi connectivity index (χ0) is 19.6. The first-order chi connectivity index (χ1) is 13.7. The first kappa shape index (κ1) is 20.9. The lowest BCUT2D eigenvalue weighted by Gasteiger charge is -2.21. The lowest BCUT2D eigenvalue weighted by Crippen LogP contribution is -2.41. The number of likely N-dealkylation sites (tertiary alicyclic amines) is 1. The molecule has 2 atom stereocenters. The Hall–Kier alpha value is -1.79. The van der Waals surface area contributed by atoms with E-state index in [0.717, 1.165) is 30.4 Å². The van der Waals surface area contributed by atoms with Crippen LogP contribution in [0, 0.1) is 5.92 Å². The summed E-state index contributed by atoms with van der Waals surface area (Å²) in [5.41, 5.74) is 1.13. The Labute approximate surface area is 175 Å². The zero-order valence-electron chi connectivity index (χ0n) is 16.4. The third-order valence-electron chi connectivity index (χ3n) is 4.81. The van der Waals surface area contributed by atoms with Crippen molar-refractivity contribution in [2.24, 2.45) is 10.9 Å².